The maximum absolute atomic E-state index is 12.2. The van der Waals surface area contributed by atoms with Crippen molar-refractivity contribution in [2.45, 2.75) is 11.0 Å². The first-order valence-electron chi connectivity index (χ1n) is 6.53. The Bertz CT molecular complexity index is 596. The van der Waals surface area contributed by atoms with E-state index in [1.54, 1.807) is 0 Å². The van der Waals surface area contributed by atoms with Gasteiger partial charge in [-0.05, 0) is 18.2 Å². The van der Waals surface area contributed by atoms with Crippen LogP contribution in [0.2, 0.25) is 0 Å². The number of sulfonamides is 1. The molecule has 1 aromatic rings. The molecule has 0 saturated carbocycles. The van der Waals surface area contributed by atoms with Crippen LogP contribution in [-0.4, -0.2) is 53.8 Å². The summed E-state index contributed by atoms with van der Waals surface area (Å²) in [6.45, 7) is 2.11. The molecule has 0 aromatic heterocycles. The third kappa shape index (κ3) is 4.24. The van der Waals surface area contributed by atoms with Crippen LogP contribution in [0.15, 0.2) is 29.2 Å². The van der Waals surface area contributed by atoms with Crippen LogP contribution in [0.4, 0.5) is 0 Å². The molecule has 1 saturated heterocycles. The zero-order valence-electron chi connectivity index (χ0n) is 11.7. The van der Waals surface area contributed by atoms with E-state index in [1.165, 1.54) is 31.4 Å². The van der Waals surface area contributed by atoms with Crippen molar-refractivity contribution < 1.29 is 22.7 Å². The highest BCUT2D eigenvalue weighted by molar-refractivity contribution is 7.89. The third-order valence-corrected chi connectivity index (χ3v) is 4.49. The van der Waals surface area contributed by atoms with Crippen molar-refractivity contribution in [3.05, 3.63) is 29.8 Å². The molecule has 0 spiro atoms. The molecule has 1 aliphatic heterocycles. The van der Waals surface area contributed by atoms with Gasteiger partial charge in [0.25, 0.3) is 0 Å². The predicted molar refractivity (Wildman–Crippen MR) is 75.6 cm³/mol. The van der Waals surface area contributed by atoms with Crippen molar-refractivity contribution in [2.75, 3.05) is 33.4 Å². The Kier molecular flexibility index (Phi) is 5.29. The number of rotatable bonds is 5. The summed E-state index contributed by atoms with van der Waals surface area (Å²) >= 11 is 0. The zero-order chi connectivity index (χ0) is 15.3. The molecular formula is C13H18N2O5S. The van der Waals surface area contributed by atoms with E-state index in [9.17, 15) is 13.2 Å². The molecule has 8 heteroatoms. The van der Waals surface area contributed by atoms with Crippen molar-refractivity contribution in [3.8, 4) is 0 Å². The van der Waals surface area contributed by atoms with Crippen LogP contribution >= 0.6 is 0 Å². The highest BCUT2D eigenvalue weighted by Crippen LogP contribution is 2.12. The minimum absolute atomic E-state index is 0.0224. The standard InChI is InChI=1S/C13H18N2O5S/c1-19-13(16)10-3-2-4-12(7-10)21(17,18)15-9-11-8-14-5-6-20-11/h2-4,7,11,14-15H,5-6,8-9H2,1H3. The Morgan fingerprint density at radius 1 is 1.52 bits per heavy atom. The van der Waals surface area contributed by atoms with Gasteiger partial charge in [-0.2, -0.15) is 0 Å². The lowest BCUT2D eigenvalue weighted by atomic mass is 10.2. The summed E-state index contributed by atoms with van der Waals surface area (Å²) < 4.78 is 36.9. The van der Waals surface area contributed by atoms with Crippen LogP contribution in [0.25, 0.3) is 0 Å². The summed E-state index contributed by atoms with van der Waals surface area (Å²) in [7, 11) is -2.44. The van der Waals surface area contributed by atoms with Crippen LogP contribution < -0.4 is 10.0 Å². The summed E-state index contributed by atoms with van der Waals surface area (Å²) in [5, 5.41) is 3.12. The number of hydrogen-bond acceptors (Lipinski definition) is 6. The summed E-state index contributed by atoms with van der Waals surface area (Å²) in [6, 6.07) is 5.71. The van der Waals surface area contributed by atoms with Crippen molar-refractivity contribution in [1.29, 1.82) is 0 Å². The van der Waals surface area contributed by atoms with Crippen LogP contribution in [0.1, 0.15) is 10.4 Å². The van der Waals surface area contributed by atoms with Crippen molar-refractivity contribution in [1.82, 2.24) is 10.0 Å². The normalized spacial score (nSPS) is 19.2. The number of morpholine rings is 1. The lowest BCUT2D eigenvalue weighted by Gasteiger charge is -2.23. The van der Waals surface area contributed by atoms with E-state index in [-0.39, 0.29) is 23.1 Å². The second-order valence-electron chi connectivity index (χ2n) is 4.57. The summed E-state index contributed by atoms with van der Waals surface area (Å²) in [5.74, 6) is -0.577. The zero-order valence-corrected chi connectivity index (χ0v) is 12.5. The molecule has 1 atom stereocenters. The van der Waals surface area contributed by atoms with E-state index in [4.69, 9.17) is 4.74 Å². The number of methoxy groups -OCH3 is 1. The van der Waals surface area contributed by atoms with E-state index >= 15 is 0 Å². The highest BCUT2D eigenvalue weighted by Gasteiger charge is 2.20. The van der Waals surface area contributed by atoms with Crippen LogP contribution in [0.3, 0.4) is 0 Å². The minimum atomic E-state index is -3.69. The third-order valence-electron chi connectivity index (χ3n) is 3.07. The van der Waals surface area contributed by atoms with Crippen LogP contribution in [-0.2, 0) is 19.5 Å². The average Bonchev–Trinajstić information content (AvgIpc) is 2.53. The first kappa shape index (κ1) is 15.9. The molecule has 1 aromatic carbocycles. The van der Waals surface area contributed by atoms with Crippen LogP contribution in [0.5, 0.6) is 0 Å². The smallest absolute Gasteiger partial charge is 0.337 e. The molecule has 0 bridgehead atoms. The number of esters is 1. The van der Waals surface area contributed by atoms with Crippen molar-refractivity contribution >= 4 is 16.0 Å². The topological polar surface area (TPSA) is 93.7 Å². The largest absolute Gasteiger partial charge is 0.465 e. The predicted octanol–water partition coefficient (Wildman–Crippen LogP) is -0.260. The Labute approximate surface area is 123 Å². The molecule has 1 unspecified atom stereocenters. The van der Waals surface area contributed by atoms with E-state index < -0.39 is 16.0 Å². The lowest BCUT2D eigenvalue weighted by Crippen LogP contribution is -2.45. The summed E-state index contributed by atoms with van der Waals surface area (Å²) in [6.07, 6.45) is -0.197. The molecule has 0 amide bonds. The molecule has 1 aliphatic rings. The molecule has 0 aliphatic carbocycles. The van der Waals surface area contributed by atoms with Gasteiger partial charge in [0, 0.05) is 19.6 Å². The molecular weight excluding hydrogens is 296 g/mol. The van der Waals surface area contributed by atoms with Gasteiger partial charge in [0.15, 0.2) is 0 Å². The number of ether oxygens (including phenoxy) is 2. The number of carbonyl (C=O) groups is 1. The average molecular weight is 314 g/mol. The van der Waals surface area contributed by atoms with Gasteiger partial charge in [-0.1, -0.05) is 6.07 Å². The SMILES string of the molecule is COC(=O)c1cccc(S(=O)(=O)NCC2CNCCO2)c1. The maximum atomic E-state index is 12.2. The fourth-order valence-electron chi connectivity index (χ4n) is 1.94. The van der Waals surface area contributed by atoms with Gasteiger partial charge in [-0.3, -0.25) is 0 Å². The van der Waals surface area contributed by atoms with Gasteiger partial charge >= 0.3 is 5.97 Å². The number of carbonyl (C=O) groups excluding carboxylic acids is 1. The second kappa shape index (κ2) is 6.99. The van der Waals surface area contributed by atoms with Gasteiger partial charge in [0.2, 0.25) is 10.0 Å². The number of hydrogen-bond donors (Lipinski definition) is 2. The van der Waals surface area contributed by atoms with E-state index in [2.05, 4.69) is 14.8 Å². The van der Waals surface area contributed by atoms with Gasteiger partial charge in [0.1, 0.15) is 0 Å². The maximum Gasteiger partial charge on any atom is 0.337 e. The van der Waals surface area contributed by atoms with Crippen molar-refractivity contribution in [3.63, 3.8) is 0 Å². The van der Waals surface area contributed by atoms with E-state index in [0.29, 0.717) is 13.2 Å². The summed E-state index contributed by atoms with van der Waals surface area (Å²) in [4.78, 5) is 11.5. The Morgan fingerprint density at radius 3 is 3.00 bits per heavy atom. The lowest BCUT2D eigenvalue weighted by molar-refractivity contribution is 0.0324. The molecule has 0 radical (unpaired) electrons. The molecule has 116 valence electrons. The first-order chi connectivity index (χ1) is 10.0. The van der Waals surface area contributed by atoms with Gasteiger partial charge in [-0.15, -0.1) is 0 Å². The van der Waals surface area contributed by atoms with Crippen LogP contribution in [0, 0.1) is 0 Å². The summed E-state index contributed by atoms with van der Waals surface area (Å²) in [5.41, 5.74) is 0.191. The van der Waals surface area contributed by atoms with Gasteiger partial charge < -0.3 is 14.8 Å². The quantitative estimate of drug-likeness (QED) is 0.727. The van der Waals surface area contributed by atoms with E-state index in [0.717, 1.165) is 6.54 Å². The monoisotopic (exact) mass is 314 g/mol. The Balaban J connectivity index is 2.06. The molecule has 1 fully saturated rings. The second-order valence-corrected chi connectivity index (χ2v) is 6.34. The van der Waals surface area contributed by atoms with E-state index in [1.807, 2.05) is 0 Å². The Hall–Kier alpha value is -1.48. The van der Waals surface area contributed by atoms with Gasteiger partial charge in [0.05, 0.1) is 30.3 Å². The molecule has 7 nitrogen and oxygen atoms in total. The molecule has 21 heavy (non-hydrogen) atoms. The molecule has 1 heterocycles. The highest BCUT2D eigenvalue weighted by atomic mass is 32.2. The van der Waals surface area contributed by atoms with Gasteiger partial charge in [-0.25, -0.2) is 17.9 Å². The molecule has 2 N–H and O–H groups in total. The molecule has 2 rings (SSSR count). The first-order valence-corrected chi connectivity index (χ1v) is 8.01. The fraction of sp³-hybridized carbons (Fsp3) is 0.462. The number of nitrogens with one attached hydrogen (secondary N) is 2. The fourth-order valence-corrected chi connectivity index (χ4v) is 3.06. The Morgan fingerprint density at radius 2 is 2.33 bits per heavy atom. The minimum Gasteiger partial charge on any atom is -0.465 e. The van der Waals surface area contributed by atoms with Crippen molar-refractivity contribution in [2.24, 2.45) is 0 Å². The number of benzene rings is 1.